The molecule has 4 nitrogen and oxygen atoms in total. The minimum Gasteiger partial charge on any atom is -0.508 e. The van der Waals surface area contributed by atoms with Crippen molar-refractivity contribution >= 4 is 11.7 Å². The number of carbonyl (C=O) groups is 1. The monoisotopic (exact) mass is 275 g/mol. The van der Waals surface area contributed by atoms with Gasteiger partial charge in [0.15, 0.2) is 0 Å². The number of anilines is 1. The molecular weight excluding hydrogens is 261 g/mol. The summed E-state index contributed by atoms with van der Waals surface area (Å²) in [7, 11) is 0. The summed E-state index contributed by atoms with van der Waals surface area (Å²) in [6, 6.07) is 8.56. The fourth-order valence-electron chi connectivity index (χ4n) is 1.93. The molecule has 5 heteroatoms. The lowest BCUT2D eigenvalue weighted by molar-refractivity contribution is 0.0697. The van der Waals surface area contributed by atoms with E-state index in [1.807, 2.05) is 0 Å². The third-order valence-electron chi connectivity index (χ3n) is 2.90. The summed E-state index contributed by atoms with van der Waals surface area (Å²) in [5, 5.41) is 21.3. The lowest BCUT2D eigenvalue weighted by atomic mass is 10.1. The number of benzene rings is 2. The molecule has 0 heterocycles. The fourth-order valence-corrected chi connectivity index (χ4v) is 1.93. The molecule has 3 N–H and O–H groups in total. The van der Waals surface area contributed by atoms with E-state index in [0.717, 1.165) is 17.3 Å². The number of carboxylic acid groups (broad SMARTS) is 1. The Bertz CT molecular complexity index is 635. The third kappa shape index (κ3) is 3.26. The van der Waals surface area contributed by atoms with Gasteiger partial charge in [-0.3, -0.25) is 0 Å². The second kappa shape index (κ2) is 5.61. The quantitative estimate of drug-likeness (QED) is 0.801. The molecule has 0 aliphatic carbocycles. The normalized spacial score (nSPS) is 10.3. The molecule has 0 saturated carbocycles. The summed E-state index contributed by atoms with van der Waals surface area (Å²) in [5.41, 5.74) is 2.37. The zero-order valence-electron chi connectivity index (χ0n) is 10.9. The second-order valence-electron chi connectivity index (χ2n) is 4.51. The molecule has 2 aromatic rings. The molecule has 0 aliphatic rings. The van der Waals surface area contributed by atoms with E-state index in [2.05, 4.69) is 5.32 Å². The average molecular weight is 275 g/mol. The number of nitrogens with one attached hydrogen (secondary N) is 1. The maximum Gasteiger partial charge on any atom is 0.335 e. The molecular formula is C15H14FNO3. The number of halogens is 1. The van der Waals surface area contributed by atoms with Gasteiger partial charge >= 0.3 is 5.97 Å². The van der Waals surface area contributed by atoms with Gasteiger partial charge in [0, 0.05) is 18.3 Å². The van der Waals surface area contributed by atoms with Gasteiger partial charge < -0.3 is 15.5 Å². The van der Waals surface area contributed by atoms with Crippen molar-refractivity contribution in [3.63, 3.8) is 0 Å². The fraction of sp³-hybridized carbons (Fsp3) is 0.133. The van der Waals surface area contributed by atoms with Crippen LogP contribution >= 0.6 is 0 Å². The van der Waals surface area contributed by atoms with Crippen LogP contribution in [0.2, 0.25) is 0 Å². The highest BCUT2D eigenvalue weighted by molar-refractivity contribution is 5.88. The van der Waals surface area contributed by atoms with Crippen LogP contribution in [-0.2, 0) is 6.54 Å². The molecule has 104 valence electrons. The zero-order chi connectivity index (χ0) is 14.7. The number of hydrogen-bond acceptors (Lipinski definition) is 3. The van der Waals surface area contributed by atoms with Crippen molar-refractivity contribution in [3.05, 3.63) is 58.9 Å². The Hall–Kier alpha value is -2.56. The highest BCUT2D eigenvalue weighted by atomic mass is 19.1. The maximum atomic E-state index is 13.1. The Morgan fingerprint density at radius 2 is 2.00 bits per heavy atom. The van der Waals surface area contributed by atoms with Crippen LogP contribution in [0.15, 0.2) is 36.4 Å². The van der Waals surface area contributed by atoms with E-state index in [0.29, 0.717) is 12.1 Å². The first-order chi connectivity index (χ1) is 9.45. The van der Waals surface area contributed by atoms with Gasteiger partial charge in [-0.1, -0.05) is 0 Å². The van der Waals surface area contributed by atoms with Crippen molar-refractivity contribution in [1.82, 2.24) is 0 Å². The predicted molar refractivity (Wildman–Crippen MR) is 73.5 cm³/mol. The Morgan fingerprint density at radius 3 is 2.60 bits per heavy atom. The minimum atomic E-state index is -0.977. The highest BCUT2D eigenvalue weighted by Gasteiger charge is 2.06. The number of hydrogen-bond donors (Lipinski definition) is 3. The summed E-state index contributed by atoms with van der Waals surface area (Å²) < 4.78 is 13.1. The van der Waals surface area contributed by atoms with Crippen LogP contribution in [0.4, 0.5) is 10.1 Å². The number of phenolic OH excluding ortho intramolecular Hbond substituents is 1. The van der Waals surface area contributed by atoms with Crippen molar-refractivity contribution in [1.29, 1.82) is 0 Å². The summed E-state index contributed by atoms with van der Waals surface area (Å²) >= 11 is 0. The number of carboxylic acids is 1. The van der Waals surface area contributed by atoms with Crippen LogP contribution in [0.3, 0.4) is 0 Å². The molecule has 0 unspecified atom stereocenters. The zero-order valence-corrected chi connectivity index (χ0v) is 10.9. The molecule has 2 aromatic carbocycles. The molecule has 0 spiro atoms. The van der Waals surface area contributed by atoms with Crippen molar-refractivity contribution in [2.75, 3.05) is 5.32 Å². The summed E-state index contributed by atoms with van der Waals surface area (Å²) in [6.45, 7) is 2.12. The molecule has 0 aliphatic heterocycles. The number of aryl methyl sites for hydroxylation is 1. The Kier molecular flexibility index (Phi) is 3.89. The van der Waals surface area contributed by atoms with Crippen LogP contribution in [0.1, 0.15) is 21.5 Å². The van der Waals surface area contributed by atoms with Crippen LogP contribution in [0.5, 0.6) is 5.75 Å². The van der Waals surface area contributed by atoms with Gasteiger partial charge in [-0.15, -0.1) is 0 Å². The summed E-state index contributed by atoms with van der Waals surface area (Å²) in [5.74, 6) is -1.60. The van der Waals surface area contributed by atoms with Crippen LogP contribution in [-0.4, -0.2) is 16.2 Å². The van der Waals surface area contributed by atoms with Crippen molar-refractivity contribution in [2.24, 2.45) is 0 Å². The molecule has 2 rings (SSSR count). The van der Waals surface area contributed by atoms with Crippen LogP contribution in [0, 0.1) is 12.7 Å². The Balaban J connectivity index is 2.12. The van der Waals surface area contributed by atoms with Crippen molar-refractivity contribution < 1.29 is 19.4 Å². The minimum absolute atomic E-state index is 0.125. The van der Waals surface area contributed by atoms with Gasteiger partial charge in [-0.25, -0.2) is 9.18 Å². The van der Waals surface area contributed by atoms with Gasteiger partial charge in [-0.05, 0) is 48.4 Å². The van der Waals surface area contributed by atoms with Gasteiger partial charge in [0.05, 0.1) is 5.56 Å². The first-order valence-corrected chi connectivity index (χ1v) is 6.02. The van der Waals surface area contributed by atoms with Gasteiger partial charge in [0.1, 0.15) is 11.6 Å². The molecule has 0 bridgehead atoms. The van der Waals surface area contributed by atoms with E-state index in [-0.39, 0.29) is 11.3 Å². The third-order valence-corrected chi connectivity index (χ3v) is 2.90. The Labute approximate surface area is 115 Å². The molecule has 0 radical (unpaired) electrons. The van der Waals surface area contributed by atoms with E-state index in [1.54, 1.807) is 19.1 Å². The molecule has 0 atom stereocenters. The van der Waals surface area contributed by atoms with Crippen molar-refractivity contribution in [3.8, 4) is 5.75 Å². The van der Waals surface area contributed by atoms with E-state index in [4.69, 9.17) is 5.11 Å². The molecule has 0 amide bonds. The molecule has 0 saturated heterocycles. The van der Waals surface area contributed by atoms with Gasteiger partial charge in [0.25, 0.3) is 0 Å². The number of phenols is 1. The summed E-state index contributed by atoms with van der Waals surface area (Å²) in [6.07, 6.45) is 0. The molecule has 0 fully saturated rings. The van der Waals surface area contributed by atoms with Crippen LogP contribution in [0.25, 0.3) is 0 Å². The van der Waals surface area contributed by atoms with Crippen molar-refractivity contribution in [2.45, 2.75) is 13.5 Å². The standard InChI is InChI=1S/C15H14FNO3/c1-9-4-11(15(19)20)2-3-14(9)17-8-10-5-12(16)7-13(18)6-10/h2-7,17-18H,8H2,1H3,(H,19,20). The lowest BCUT2D eigenvalue weighted by Crippen LogP contribution is -2.03. The largest absolute Gasteiger partial charge is 0.508 e. The number of aromatic hydroxyl groups is 1. The lowest BCUT2D eigenvalue weighted by Gasteiger charge is -2.10. The topological polar surface area (TPSA) is 69.6 Å². The second-order valence-corrected chi connectivity index (χ2v) is 4.51. The van der Waals surface area contributed by atoms with Gasteiger partial charge in [-0.2, -0.15) is 0 Å². The number of aromatic carboxylic acids is 1. The molecule has 20 heavy (non-hydrogen) atoms. The van der Waals surface area contributed by atoms with E-state index in [1.165, 1.54) is 18.2 Å². The first-order valence-electron chi connectivity index (χ1n) is 6.02. The van der Waals surface area contributed by atoms with E-state index < -0.39 is 11.8 Å². The first kappa shape index (κ1) is 13.9. The smallest absolute Gasteiger partial charge is 0.335 e. The van der Waals surface area contributed by atoms with E-state index in [9.17, 15) is 14.3 Å². The van der Waals surface area contributed by atoms with Gasteiger partial charge in [0.2, 0.25) is 0 Å². The Morgan fingerprint density at radius 1 is 1.25 bits per heavy atom. The predicted octanol–water partition coefficient (Wildman–Crippen LogP) is 3.15. The highest BCUT2D eigenvalue weighted by Crippen LogP contribution is 2.19. The summed E-state index contributed by atoms with van der Waals surface area (Å²) in [4.78, 5) is 10.8. The molecule has 0 aromatic heterocycles. The van der Waals surface area contributed by atoms with E-state index >= 15 is 0 Å². The SMILES string of the molecule is Cc1cc(C(=O)O)ccc1NCc1cc(O)cc(F)c1. The number of rotatable bonds is 4. The maximum absolute atomic E-state index is 13.1. The average Bonchev–Trinajstić information content (AvgIpc) is 2.36. The van der Waals surface area contributed by atoms with Crippen LogP contribution < -0.4 is 5.32 Å².